The van der Waals surface area contributed by atoms with Crippen molar-refractivity contribution < 1.29 is 32.7 Å². The van der Waals surface area contributed by atoms with Gasteiger partial charge in [-0.3, -0.25) is 23.7 Å². The summed E-state index contributed by atoms with van der Waals surface area (Å²) in [5.74, 6) is -3.83. The van der Waals surface area contributed by atoms with Crippen LogP contribution in [0.4, 0.5) is 18.9 Å². The molecular formula is C28H24F3N3O5S2. The lowest BCUT2D eigenvalue weighted by atomic mass is 9.82. The Morgan fingerprint density at radius 2 is 1.71 bits per heavy atom. The number of imide groups is 1. The molecule has 0 saturated carbocycles. The Labute approximate surface area is 240 Å². The highest BCUT2D eigenvalue weighted by Crippen LogP contribution is 2.55. The Balaban J connectivity index is 1.44. The molecule has 3 aromatic rings. The number of carbonyl (C=O) groups is 3. The second-order valence-electron chi connectivity index (χ2n) is 10.2. The molecule has 13 heteroatoms. The summed E-state index contributed by atoms with van der Waals surface area (Å²) in [6.45, 7) is 0.955. The average Bonchev–Trinajstić information content (AvgIpc) is 3.39. The predicted octanol–water partition coefficient (Wildman–Crippen LogP) is 4.44. The molecule has 0 radical (unpaired) electrons. The number of alkyl halides is 3. The molecule has 3 aliphatic rings. The maximum atomic E-state index is 13.9. The largest absolute Gasteiger partial charge is 0.508 e. The molecule has 214 valence electrons. The number of nitrogens with zero attached hydrogens (tertiary/aromatic N) is 3. The van der Waals surface area contributed by atoms with Crippen LogP contribution in [0.25, 0.3) is 0 Å². The van der Waals surface area contributed by atoms with Gasteiger partial charge in [0.1, 0.15) is 17.5 Å². The Kier molecular flexibility index (Phi) is 6.97. The molecule has 3 atom stereocenters. The van der Waals surface area contributed by atoms with E-state index in [-0.39, 0.29) is 23.9 Å². The standard InChI is InChI=1S/C28H24F3N3O5S2/c29-28(30,31)15-7-6-8-16(13-15)34-24(37)21-20(17-9-2-3-10-18(17)35)23-26(40-22(21)25(34)38)33(27(39)41-23)14-19(36)32-11-4-1-5-12-32/h2-3,6-10,13,20-22,35H,1,4-5,11-12,14H2. The number of aromatic nitrogens is 1. The summed E-state index contributed by atoms with van der Waals surface area (Å²) in [6.07, 6.45) is -1.91. The number of hydrogen-bond donors (Lipinski definition) is 1. The molecule has 41 heavy (non-hydrogen) atoms. The molecule has 3 aliphatic heterocycles. The molecule has 3 unspecified atom stereocenters. The fourth-order valence-electron chi connectivity index (χ4n) is 5.80. The number of likely N-dealkylation sites (tertiary alicyclic amines) is 1. The Bertz CT molecular complexity index is 1610. The lowest BCUT2D eigenvalue weighted by molar-refractivity contribution is -0.137. The number of carbonyl (C=O) groups excluding carboxylic acids is 3. The summed E-state index contributed by atoms with van der Waals surface area (Å²) in [5, 5.41) is 10.0. The smallest absolute Gasteiger partial charge is 0.416 e. The number of halogens is 3. The van der Waals surface area contributed by atoms with Crippen LogP contribution in [0.2, 0.25) is 0 Å². The minimum atomic E-state index is -4.68. The lowest BCUT2D eigenvalue weighted by Gasteiger charge is -2.31. The zero-order chi connectivity index (χ0) is 29.1. The number of phenolic OH excluding ortho intramolecular Hbond substituents is 1. The average molecular weight is 604 g/mol. The van der Waals surface area contributed by atoms with Gasteiger partial charge in [0.05, 0.1) is 22.2 Å². The highest BCUT2D eigenvalue weighted by Gasteiger charge is 2.57. The SMILES string of the molecule is O=C(Cn1c2c(sc1=O)C(c1ccccc1O)C1C(=O)N(c3cccc(C(F)(F)F)c3)C(=O)C1S2)N1CCCCC1. The number of para-hydroxylation sites is 1. The van der Waals surface area contributed by atoms with E-state index >= 15 is 0 Å². The Hall–Kier alpha value is -3.58. The van der Waals surface area contributed by atoms with E-state index in [0.29, 0.717) is 28.6 Å². The molecule has 2 aromatic carbocycles. The molecule has 0 bridgehead atoms. The van der Waals surface area contributed by atoms with Crippen molar-refractivity contribution in [1.82, 2.24) is 9.47 Å². The molecule has 0 spiro atoms. The maximum absolute atomic E-state index is 13.9. The lowest BCUT2D eigenvalue weighted by Crippen LogP contribution is -2.39. The number of rotatable bonds is 4. The summed E-state index contributed by atoms with van der Waals surface area (Å²) >= 11 is 1.82. The Morgan fingerprint density at radius 3 is 2.41 bits per heavy atom. The number of hydrogen-bond acceptors (Lipinski definition) is 7. The molecule has 6 rings (SSSR count). The predicted molar refractivity (Wildman–Crippen MR) is 146 cm³/mol. The third-order valence-electron chi connectivity index (χ3n) is 7.75. The quantitative estimate of drug-likeness (QED) is 0.443. The first-order valence-corrected chi connectivity index (χ1v) is 14.8. The van der Waals surface area contributed by atoms with Crippen molar-refractivity contribution in [3.8, 4) is 5.75 Å². The van der Waals surface area contributed by atoms with Crippen molar-refractivity contribution in [2.75, 3.05) is 18.0 Å². The van der Waals surface area contributed by atoms with Gasteiger partial charge in [-0.2, -0.15) is 13.2 Å². The molecule has 2 fully saturated rings. The maximum Gasteiger partial charge on any atom is 0.416 e. The van der Waals surface area contributed by atoms with E-state index in [9.17, 15) is 37.5 Å². The minimum absolute atomic E-state index is 0.149. The first kappa shape index (κ1) is 27.6. The monoisotopic (exact) mass is 603 g/mol. The number of anilines is 1. The van der Waals surface area contributed by atoms with Crippen molar-refractivity contribution in [1.29, 1.82) is 0 Å². The van der Waals surface area contributed by atoms with Gasteiger partial charge in [-0.05, 0) is 43.5 Å². The van der Waals surface area contributed by atoms with Crippen LogP contribution >= 0.6 is 23.1 Å². The number of thioether (sulfide) groups is 1. The second-order valence-corrected chi connectivity index (χ2v) is 12.3. The number of amides is 3. The minimum Gasteiger partial charge on any atom is -0.508 e. The zero-order valence-electron chi connectivity index (χ0n) is 21.5. The molecule has 4 heterocycles. The van der Waals surface area contributed by atoms with Gasteiger partial charge in [0.2, 0.25) is 17.7 Å². The van der Waals surface area contributed by atoms with Gasteiger partial charge in [0.15, 0.2) is 0 Å². The normalized spacial score (nSPS) is 22.6. The highest BCUT2D eigenvalue weighted by molar-refractivity contribution is 8.00. The van der Waals surface area contributed by atoms with Crippen LogP contribution in [0.3, 0.4) is 0 Å². The first-order chi connectivity index (χ1) is 19.6. The number of fused-ring (bicyclic) bond motifs is 2. The van der Waals surface area contributed by atoms with Gasteiger partial charge < -0.3 is 10.0 Å². The van der Waals surface area contributed by atoms with E-state index in [1.807, 2.05) is 0 Å². The van der Waals surface area contributed by atoms with E-state index in [1.165, 1.54) is 16.7 Å². The number of benzene rings is 2. The van der Waals surface area contributed by atoms with Crippen LogP contribution in [-0.2, 0) is 27.1 Å². The van der Waals surface area contributed by atoms with Crippen molar-refractivity contribution in [3.63, 3.8) is 0 Å². The van der Waals surface area contributed by atoms with Crippen molar-refractivity contribution in [3.05, 3.63) is 74.2 Å². The van der Waals surface area contributed by atoms with E-state index in [2.05, 4.69) is 0 Å². The van der Waals surface area contributed by atoms with E-state index in [1.54, 1.807) is 23.1 Å². The van der Waals surface area contributed by atoms with Gasteiger partial charge >= 0.3 is 11.0 Å². The molecule has 8 nitrogen and oxygen atoms in total. The molecule has 3 amide bonds. The number of thiazole rings is 1. The summed E-state index contributed by atoms with van der Waals surface area (Å²) in [6, 6.07) is 10.3. The van der Waals surface area contributed by atoms with E-state index < -0.39 is 45.5 Å². The van der Waals surface area contributed by atoms with Crippen molar-refractivity contribution >= 4 is 46.5 Å². The molecule has 0 aliphatic carbocycles. The fourth-order valence-corrected chi connectivity index (χ4v) is 8.56. The molecule has 1 N–H and O–H groups in total. The summed E-state index contributed by atoms with van der Waals surface area (Å²) < 4.78 is 41.7. The van der Waals surface area contributed by atoms with Gasteiger partial charge in [0, 0.05) is 29.4 Å². The number of aromatic hydroxyl groups is 1. The van der Waals surface area contributed by atoms with E-state index in [0.717, 1.165) is 65.5 Å². The van der Waals surface area contributed by atoms with Crippen molar-refractivity contribution in [2.45, 2.75) is 48.2 Å². The van der Waals surface area contributed by atoms with Crippen LogP contribution in [0.5, 0.6) is 5.75 Å². The number of piperidine rings is 1. The summed E-state index contributed by atoms with van der Waals surface area (Å²) in [5.41, 5.74) is -0.895. The zero-order valence-corrected chi connectivity index (χ0v) is 23.1. The molecule has 2 saturated heterocycles. The van der Waals surface area contributed by atoms with Gasteiger partial charge in [-0.1, -0.05) is 47.4 Å². The third kappa shape index (κ3) is 4.74. The van der Waals surface area contributed by atoms with Gasteiger partial charge in [0.25, 0.3) is 0 Å². The topological polar surface area (TPSA) is 99.9 Å². The van der Waals surface area contributed by atoms with Crippen LogP contribution < -0.4 is 9.77 Å². The second kappa shape index (κ2) is 10.4. The van der Waals surface area contributed by atoms with E-state index in [4.69, 9.17) is 0 Å². The molecule has 1 aromatic heterocycles. The fraction of sp³-hybridized carbons (Fsp3) is 0.357. The van der Waals surface area contributed by atoms with Crippen LogP contribution in [0.15, 0.2) is 58.4 Å². The third-order valence-corrected chi connectivity index (χ3v) is 10.4. The highest BCUT2D eigenvalue weighted by atomic mass is 32.2. The number of phenols is 1. The van der Waals surface area contributed by atoms with Crippen molar-refractivity contribution in [2.24, 2.45) is 5.92 Å². The summed E-state index contributed by atoms with van der Waals surface area (Å²) in [4.78, 5) is 56.4. The van der Waals surface area contributed by atoms with Crippen LogP contribution in [0, 0.1) is 5.92 Å². The van der Waals surface area contributed by atoms with Gasteiger partial charge in [-0.25, -0.2) is 4.90 Å². The first-order valence-electron chi connectivity index (χ1n) is 13.1. The van der Waals surface area contributed by atoms with Gasteiger partial charge in [-0.15, -0.1) is 0 Å². The van der Waals surface area contributed by atoms with Crippen LogP contribution in [0.1, 0.15) is 41.2 Å². The molecular weight excluding hydrogens is 579 g/mol. The summed E-state index contributed by atoms with van der Waals surface area (Å²) in [7, 11) is 0. The van der Waals surface area contributed by atoms with Crippen LogP contribution in [-0.4, -0.2) is 50.6 Å². The Morgan fingerprint density at radius 1 is 0.976 bits per heavy atom.